The van der Waals surface area contributed by atoms with Crippen molar-refractivity contribution in [3.63, 3.8) is 0 Å². The molecule has 0 radical (unpaired) electrons. The fourth-order valence-corrected chi connectivity index (χ4v) is 3.32. The van der Waals surface area contributed by atoms with Gasteiger partial charge in [0.05, 0.1) is 7.11 Å². The van der Waals surface area contributed by atoms with E-state index < -0.39 is 0 Å². The van der Waals surface area contributed by atoms with Crippen LogP contribution in [0.15, 0.2) is 36.4 Å². The van der Waals surface area contributed by atoms with Crippen LogP contribution >= 0.6 is 8.58 Å². The van der Waals surface area contributed by atoms with Crippen molar-refractivity contribution in [3.05, 3.63) is 53.1 Å². The van der Waals surface area contributed by atoms with Crippen LogP contribution in [-0.4, -0.2) is 13.4 Å². The SMILES string of the molecule is COc1ccc(Pc2cc(C)c(C=O)c(C)c2)cc1.[H-].[Li+]. The Morgan fingerprint density at radius 1 is 1.05 bits per heavy atom. The van der Waals surface area contributed by atoms with Crippen LogP contribution in [0.3, 0.4) is 0 Å². The van der Waals surface area contributed by atoms with E-state index >= 15 is 0 Å². The Labute approximate surface area is 135 Å². The van der Waals surface area contributed by atoms with Gasteiger partial charge in [0.25, 0.3) is 0 Å². The molecule has 0 N–H and O–H groups in total. The first-order valence-corrected chi connectivity index (χ1v) is 7.11. The van der Waals surface area contributed by atoms with Crippen molar-refractivity contribution < 1.29 is 29.8 Å². The third-order valence-corrected chi connectivity index (χ3v) is 4.29. The minimum Gasteiger partial charge on any atom is -1.00 e. The summed E-state index contributed by atoms with van der Waals surface area (Å²) in [6.07, 6.45) is 0.935. The van der Waals surface area contributed by atoms with Crippen LogP contribution in [0.1, 0.15) is 22.9 Å². The molecule has 0 spiro atoms. The molecule has 2 aromatic carbocycles. The van der Waals surface area contributed by atoms with Crippen molar-refractivity contribution in [2.24, 2.45) is 0 Å². The molecule has 2 nitrogen and oxygen atoms in total. The molecule has 0 aliphatic carbocycles. The van der Waals surface area contributed by atoms with Crippen molar-refractivity contribution >= 4 is 25.5 Å². The molecule has 0 aliphatic heterocycles. The van der Waals surface area contributed by atoms with Gasteiger partial charge in [-0.1, -0.05) is 32.8 Å². The van der Waals surface area contributed by atoms with E-state index in [4.69, 9.17) is 4.74 Å². The van der Waals surface area contributed by atoms with Gasteiger partial charge in [-0.25, -0.2) is 0 Å². The first-order chi connectivity index (χ1) is 9.13. The minimum atomic E-state index is 0. The van der Waals surface area contributed by atoms with E-state index in [0.29, 0.717) is 8.58 Å². The summed E-state index contributed by atoms with van der Waals surface area (Å²) in [5.74, 6) is 0.872. The average molecular weight is 280 g/mol. The summed E-state index contributed by atoms with van der Waals surface area (Å²) in [6.45, 7) is 3.97. The molecule has 0 fully saturated rings. The summed E-state index contributed by atoms with van der Waals surface area (Å²) >= 11 is 0. The van der Waals surface area contributed by atoms with Crippen LogP contribution in [-0.2, 0) is 0 Å². The van der Waals surface area contributed by atoms with E-state index in [9.17, 15) is 4.79 Å². The molecule has 1 unspecified atom stereocenters. The van der Waals surface area contributed by atoms with Gasteiger partial charge in [-0.3, -0.25) is 4.79 Å². The van der Waals surface area contributed by atoms with Crippen molar-refractivity contribution in [1.29, 1.82) is 0 Å². The largest absolute Gasteiger partial charge is 1.00 e. The number of aldehydes is 1. The Hall–Kier alpha value is -1.06. The number of rotatable bonds is 4. The molecule has 0 amide bonds. The molecule has 2 rings (SSSR count). The second kappa shape index (κ2) is 7.65. The summed E-state index contributed by atoms with van der Waals surface area (Å²) in [4.78, 5) is 11.0. The van der Waals surface area contributed by atoms with Crippen molar-refractivity contribution in [1.82, 2.24) is 0 Å². The molecule has 0 saturated carbocycles. The van der Waals surface area contributed by atoms with Gasteiger partial charge in [0.15, 0.2) is 6.29 Å². The number of ether oxygens (including phenoxy) is 1. The second-order valence-corrected chi connectivity index (χ2v) is 5.90. The van der Waals surface area contributed by atoms with Gasteiger partial charge in [0.1, 0.15) is 5.75 Å². The minimum absolute atomic E-state index is 0. The molecule has 2 aromatic rings. The van der Waals surface area contributed by atoms with Crippen LogP contribution in [0.25, 0.3) is 0 Å². The van der Waals surface area contributed by atoms with E-state index in [1.807, 2.05) is 26.0 Å². The summed E-state index contributed by atoms with van der Waals surface area (Å²) in [7, 11) is 2.26. The molecule has 1 atom stereocenters. The van der Waals surface area contributed by atoms with Gasteiger partial charge in [-0.2, -0.15) is 0 Å². The zero-order chi connectivity index (χ0) is 13.8. The van der Waals surface area contributed by atoms with Crippen LogP contribution in [0.2, 0.25) is 0 Å². The van der Waals surface area contributed by atoms with E-state index in [2.05, 4.69) is 24.3 Å². The van der Waals surface area contributed by atoms with Gasteiger partial charge < -0.3 is 6.16 Å². The molecule has 0 heterocycles. The van der Waals surface area contributed by atoms with Crippen LogP contribution < -0.4 is 34.2 Å². The summed E-state index contributed by atoms with van der Waals surface area (Å²) < 4.78 is 5.15. The third-order valence-electron chi connectivity index (χ3n) is 3.09. The van der Waals surface area contributed by atoms with E-state index in [-0.39, 0.29) is 20.3 Å². The normalized spacial score (nSPS) is 10.3. The van der Waals surface area contributed by atoms with Gasteiger partial charge in [-0.05, 0) is 47.7 Å². The van der Waals surface area contributed by atoms with Crippen molar-refractivity contribution in [3.8, 4) is 5.75 Å². The van der Waals surface area contributed by atoms with E-state index in [1.54, 1.807) is 7.11 Å². The topological polar surface area (TPSA) is 26.3 Å². The standard InChI is InChI=1S/C16H17O2P.Li.H/c1-11-8-15(9-12(2)16(11)10-17)19-14-6-4-13(18-3)5-7-14;;/h4-10,19H,1-3H3;;/q;+1;-1. The summed E-state index contributed by atoms with van der Waals surface area (Å²) in [5.41, 5.74) is 2.90. The quantitative estimate of drug-likeness (QED) is 0.443. The maximum absolute atomic E-state index is 11.0. The maximum atomic E-state index is 11.0. The molecule has 0 bridgehead atoms. The van der Waals surface area contributed by atoms with Gasteiger partial charge >= 0.3 is 18.9 Å². The van der Waals surface area contributed by atoms with Crippen LogP contribution in [0, 0.1) is 13.8 Å². The predicted molar refractivity (Wildman–Crippen MR) is 83.0 cm³/mol. The molecular weight excluding hydrogens is 262 g/mol. The summed E-state index contributed by atoms with van der Waals surface area (Å²) in [5, 5.41) is 2.52. The van der Waals surface area contributed by atoms with Crippen molar-refractivity contribution in [2.45, 2.75) is 13.8 Å². The number of hydrogen-bond donors (Lipinski definition) is 0. The van der Waals surface area contributed by atoms with Gasteiger partial charge in [0, 0.05) is 5.56 Å². The Morgan fingerprint density at radius 3 is 2.05 bits per heavy atom. The fraction of sp³-hybridized carbons (Fsp3) is 0.188. The molecule has 20 heavy (non-hydrogen) atoms. The number of benzene rings is 2. The smallest absolute Gasteiger partial charge is 1.00 e. The van der Waals surface area contributed by atoms with Crippen LogP contribution in [0.5, 0.6) is 5.75 Å². The first kappa shape index (κ1) is 17.0. The molecule has 4 heteroatoms. The first-order valence-electron chi connectivity index (χ1n) is 6.11. The number of carbonyl (C=O) groups excluding carboxylic acids is 1. The van der Waals surface area contributed by atoms with Gasteiger partial charge in [0.2, 0.25) is 0 Å². The molecular formula is C16H18LiO2P. The molecule has 100 valence electrons. The van der Waals surface area contributed by atoms with E-state index in [1.165, 1.54) is 10.6 Å². The van der Waals surface area contributed by atoms with Crippen LogP contribution in [0.4, 0.5) is 0 Å². The monoisotopic (exact) mass is 280 g/mol. The fourth-order valence-electron chi connectivity index (χ4n) is 2.07. The number of aryl methyl sites for hydroxylation is 2. The number of hydrogen-bond acceptors (Lipinski definition) is 2. The molecule has 0 aromatic heterocycles. The Kier molecular flexibility index (Phi) is 6.50. The number of carbonyl (C=O) groups is 1. The summed E-state index contributed by atoms with van der Waals surface area (Å²) in [6, 6.07) is 12.3. The van der Waals surface area contributed by atoms with Crippen molar-refractivity contribution in [2.75, 3.05) is 7.11 Å². The molecule has 0 aliphatic rings. The molecule has 0 saturated heterocycles. The maximum Gasteiger partial charge on any atom is 1.00 e. The second-order valence-electron chi connectivity index (χ2n) is 4.50. The average Bonchev–Trinajstić information content (AvgIpc) is 2.39. The zero-order valence-corrected chi connectivity index (χ0v) is 13.4. The third kappa shape index (κ3) is 3.97. The number of methoxy groups -OCH3 is 1. The predicted octanol–water partition coefficient (Wildman–Crippen LogP) is -0.130. The Morgan fingerprint density at radius 2 is 1.60 bits per heavy atom. The Balaban J connectivity index is 0.00000200. The van der Waals surface area contributed by atoms with E-state index in [0.717, 1.165) is 28.7 Å². The zero-order valence-electron chi connectivity index (χ0n) is 13.4. The Bertz CT molecular complexity index is 577. The van der Waals surface area contributed by atoms with Gasteiger partial charge in [-0.15, -0.1) is 0 Å².